The van der Waals surface area contributed by atoms with E-state index in [9.17, 15) is 4.79 Å². The fourth-order valence-corrected chi connectivity index (χ4v) is 4.47. The molecular weight excluding hydrogens is 462 g/mol. The van der Waals surface area contributed by atoms with E-state index >= 15 is 0 Å². The predicted octanol–water partition coefficient (Wildman–Crippen LogP) is 8.09. The number of amides is 1. The number of rotatable bonds is 8. The second kappa shape index (κ2) is 10.6. The lowest BCUT2D eigenvalue weighted by molar-refractivity contribution is -0.111. The van der Waals surface area contributed by atoms with Crippen molar-refractivity contribution in [1.82, 2.24) is 0 Å². The molecule has 0 atom stereocenters. The average Bonchev–Trinajstić information content (AvgIpc) is 3.32. The van der Waals surface area contributed by atoms with Crippen LogP contribution < -0.4 is 14.8 Å². The second-order valence-electron chi connectivity index (χ2n) is 8.76. The number of hydrogen-bond donors (Lipinski definition) is 1. The largest absolute Gasteiger partial charge is 0.494 e. The van der Waals surface area contributed by atoms with Crippen molar-refractivity contribution in [3.63, 3.8) is 0 Å². The molecule has 186 valence electrons. The molecule has 1 aromatic heterocycles. The third kappa shape index (κ3) is 5.21. The number of carbonyl (C=O) groups is 1. The Kier molecular flexibility index (Phi) is 6.95. The monoisotopic (exact) mass is 491 g/mol. The van der Waals surface area contributed by atoms with Crippen molar-refractivity contribution < 1.29 is 18.7 Å². The summed E-state index contributed by atoms with van der Waals surface area (Å²) in [6.07, 6.45) is 3.38. The molecule has 0 fully saturated rings. The Bertz CT molecular complexity index is 1600. The highest BCUT2D eigenvalue weighted by Gasteiger charge is 2.16. The van der Waals surface area contributed by atoms with Crippen LogP contribution in [-0.2, 0) is 4.79 Å². The van der Waals surface area contributed by atoms with E-state index in [0.717, 1.165) is 39.0 Å². The normalized spacial score (nSPS) is 11.6. The first-order valence-electron chi connectivity index (χ1n) is 12.5. The van der Waals surface area contributed by atoms with Gasteiger partial charge < -0.3 is 19.2 Å². The van der Waals surface area contributed by atoms with Crippen molar-refractivity contribution in [2.24, 2.45) is 0 Å². The summed E-state index contributed by atoms with van der Waals surface area (Å²) in [5.41, 5.74) is 5.15. The van der Waals surface area contributed by atoms with E-state index in [1.54, 1.807) is 12.3 Å². The van der Waals surface area contributed by atoms with Gasteiger partial charge in [-0.25, -0.2) is 0 Å². The lowest BCUT2D eigenvalue weighted by Gasteiger charge is -2.12. The molecule has 5 aromatic rings. The number of nitrogens with one attached hydrogen (secondary N) is 1. The van der Waals surface area contributed by atoms with Crippen molar-refractivity contribution in [3.8, 4) is 22.6 Å². The Morgan fingerprint density at radius 2 is 1.65 bits per heavy atom. The van der Waals surface area contributed by atoms with Crippen LogP contribution in [0.15, 0.2) is 95.6 Å². The predicted molar refractivity (Wildman–Crippen MR) is 150 cm³/mol. The molecule has 0 saturated heterocycles. The maximum absolute atomic E-state index is 12.8. The standard InChI is InChI=1S/C32H29NO4/c1-4-35-26-14-12-25(13-15-26)33-32(34)16-21(3)27-18-28-29(20-37-31(28)19-30(27)36-5-2)24-11-10-22-8-6-7-9-23(22)17-24/h6-20H,4-5H2,1-3H3,(H,33,34)/b21-16+. The number of benzene rings is 4. The molecule has 0 spiro atoms. The fraction of sp³-hybridized carbons (Fsp3) is 0.156. The van der Waals surface area contributed by atoms with E-state index in [2.05, 4.69) is 35.6 Å². The molecule has 1 amide bonds. The number of anilines is 1. The van der Waals surface area contributed by atoms with Gasteiger partial charge in [0, 0.05) is 34.3 Å². The molecule has 5 nitrogen and oxygen atoms in total. The van der Waals surface area contributed by atoms with Crippen LogP contribution in [-0.4, -0.2) is 19.1 Å². The summed E-state index contributed by atoms with van der Waals surface area (Å²) in [6.45, 7) is 6.89. The summed E-state index contributed by atoms with van der Waals surface area (Å²) < 4.78 is 17.3. The van der Waals surface area contributed by atoms with Crippen LogP contribution in [0.4, 0.5) is 5.69 Å². The lowest BCUT2D eigenvalue weighted by atomic mass is 9.97. The molecule has 5 rings (SSSR count). The van der Waals surface area contributed by atoms with Gasteiger partial charge in [-0.3, -0.25) is 4.79 Å². The van der Waals surface area contributed by atoms with Gasteiger partial charge in [0.25, 0.3) is 0 Å². The Morgan fingerprint density at radius 1 is 0.892 bits per heavy atom. The zero-order valence-corrected chi connectivity index (χ0v) is 21.2. The first-order valence-corrected chi connectivity index (χ1v) is 12.5. The minimum atomic E-state index is -0.217. The number of allylic oxidation sites excluding steroid dienone is 1. The van der Waals surface area contributed by atoms with Crippen LogP contribution in [0.3, 0.4) is 0 Å². The Labute approximate surface area is 216 Å². The Balaban J connectivity index is 1.48. The average molecular weight is 492 g/mol. The van der Waals surface area contributed by atoms with Crippen molar-refractivity contribution in [2.75, 3.05) is 18.5 Å². The minimum Gasteiger partial charge on any atom is -0.494 e. The summed E-state index contributed by atoms with van der Waals surface area (Å²) in [7, 11) is 0. The van der Waals surface area contributed by atoms with Crippen LogP contribution in [0.5, 0.6) is 11.5 Å². The smallest absolute Gasteiger partial charge is 0.248 e. The Morgan fingerprint density at radius 3 is 2.41 bits per heavy atom. The van der Waals surface area contributed by atoms with Gasteiger partial charge in [0.1, 0.15) is 17.1 Å². The van der Waals surface area contributed by atoms with E-state index < -0.39 is 0 Å². The molecule has 5 heteroatoms. The number of furan rings is 1. The summed E-state index contributed by atoms with van der Waals surface area (Å²) >= 11 is 0. The minimum absolute atomic E-state index is 0.217. The highest BCUT2D eigenvalue weighted by atomic mass is 16.5. The number of carbonyl (C=O) groups excluding carboxylic acids is 1. The summed E-state index contributed by atoms with van der Waals surface area (Å²) in [5.74, 6) is 1.23. The number of ether oxygens (including phenoxy) is 2. The summed E-state index contributed by atoms with van der Waals surface area (Å²) in [6, 6.07) is 26.0. The summed E-state index contributed by atoms with van der Waals surface area (Å²) in [5, 5.41) is 6.25. The van der Waals surface area contributed by atoms with Gasteiger partial charge in [-0.1, -0.05) is 36.4 Å². The maximum atomic E-state index is 12.8. The van der Waals surface area contributed by atoms with E-state index in [-0.39, 0.29) is 5.91 Å². The van der Waals surface area contributed by atoms with Crippen molar-refractivity contribution in [2.45, 2.75) is 20.8 Å². The highest BCUT2D eigenvalue weighted by Crippen LogP contribution is 2.38. The van der Waals surface area contributed by atoms with Gasteiger partial charge in [0.2, 0.25) is 5.91 Å². The number of hydrogen-bond acceptors (Lipinski definition) is 4. The molecule has 0 aliphatic rings. The van der Waals surface area contributed by atoms with Gasteiger partial charge in [-0.05, 0) is 79.1 Å². The van der Waals surface area contributed by atoms with Gasteiger partial charge >= 0.3 is 0 Å². The Hall–Kier alpha value is -4.51. The van der Waals surface area contributed by atoms with Crippen LogP contribution in [0.2, 0.25) is 0 Å². The van der Waals surface area contributed by atoms with E-state index in [1.807, 2.05) is 69.3 Å². The molecule has 0 radical (unpaired) electrons. The second-order valence-corrected chi connectivity index (χ2v) is 8.76. The summed E-state index contributed by atoms with van der Waals surface area (Å²) in [4.78, 5) is 12.8. The third-order valence-electron chi connectivity index (χ3n) is 6.24. The molecule has 0 aliphatic carbocycles. The van der Waals surface area contributed by atoms with Gasteiger partial charge in [-0.2, -0.15) is 0 Å². The molecule has 4 aromatic carbocycles. The molecule has 0 bridgehead atoms. The first-order chi connectivity index (χ1) is 18.1. The molecular formula is C32H29NO4. The molecule has 1 N–H and O–H groups in total. The maximum Gasteiger partial charge on any atom is 0.248 e. The van der Waals surface area contributed by atoms with Gasteiger partial charge in [-0.15, -0.1) is 0 Å². The van der Waals surface area contributed by atoms with Crippen LogP contribution in [0.1, 0.15) is 26.3 Å². The third-order valence-corrected chi connectivity index (χ3v) is 6.24. The SMILES string of the molecule is CCOc1ccc(NC(=O)/C=C(\C)c2cc3c(-c4ccc5ccccc5c4)coc3cc2OCC)cc1. The van der Waals surface area contributed by atoms with Crippen LogP contribution >= 0.6 is 0 Å². The first kappa shape index (κ1) is 24.2. The molecule has 0 unspecified atom stereocenters. The van der Waals surface area contributed by atoms with E-state index in [1.165, 1.54) is 10.8 Å². The molecule has 0 aliphatic heterocycles. The van der Waals surface area contributed by atoms with Crippen molar-refractivity contribution in [3.05, 3.63) is 96.8 Å². The van der Waals surface area contributed by atoms with Crippen molar-refractivity contribution in [1.29, 1.82) is 0 Å². The topological polar surface area (TPSA) is 60.7 Å². The zero-order chi connectivity index (χ0) is 25.8. The van der Waals surface area contributed by atoms with Crippen LogP contribution in [0.25, 0.3) is 38.4 Å². The zero-order valence-electron chi connectivity index (χ0n) is 21.2. The molecule has 37 heavy (non-hydrogen) atoms. The van der Waals surface area contributed by atoms with Gasteiger partial charge in [0.05, 0.1) is 19.5 Å². The quantitative estimate of drug-likeness (QED) is 0.223. The molecule has 0 saturated carbocycles. The number of fused-ring (bicyclic) bond motifs is 2. The highest BCUT2D eigenvalue weighted by molar-refractivity contribution is 6.05. The van der Waals surface area contributed by atoms with E-state index in [4.69, 9.17) is 13.9 Å². The van der Waals surface area contributed by atoms with Crippen molar-refractivity contribution >= 4 is 38.9 Å². The van der Waals surface area contributed by atoms with Gasteiger partial charge in [0.15, 0.2) is 0 Å². The van der Waals surface area contributed by atoms with Crippen LogP contribution in [0, 0.1) is 0 Å². The molecule has 1 heterocycles. The fourth-order valence-electron chi connectivity index (χ4n) is 4.47. The van der Waals surface area contributed by atoms with E-state index in [0.29, 0.717) is 24.7 Å². The lowest BCUT2D eigenvalue weighted by Crippen LogP contribution is -2.08.